The fourth-order valence-electron chi connectivity index (χ4n) is 1.93. The minimum absolute atomic E-state index is 0.373. The largest absolute Gasteiger partial charge is 0.370 e. The zero-order valence-electron chi connectivity index (χ0n) is 13.2. The maximum Gasteiger partial charge on any atom is 0.211 e. The van der Waals surface area contributed by atoms with Crippen LogP contribution in [0.5, 0.6) is 0 Å². The summed E-state index contributed by atoms with van der Waals surface area (Å²) in [7, 11) is -3.13. The number of aromatic nitrogens is 1. The van der Waals surface area contributed by atoms with Gasteiger partial charge in [-0.25, -0.2) is 12.7 Å². The molecule has 0 saturated heterocycles. The highest BCUT2D eigenvalue weighted by atomic mass is 32.2. The molecule has 0 fully saturated rings. The summed E-state index contributed by atoms with van der Waals surface area (Å²) in [5, 5.41) is 3.02. The first-order valence-corrected chi connectivity index (χ1v) is 9.17. The van der Waals surface area contributed by atoms with Gasteiger partial charge < -0.3 is 11.1 Å². The summed E-state index contributed by atoms with van der Waals surface area (Å²) in [6.07, 6.45) is 4.39. The van der Waals surface area contributed by atoms with E-state index in [1.165, 1.54) is 10.6 Å². The summed E-state index contributed by atoms with van der Waals surface area (Å²) in [6, 6.07) is 5.78. The van der Waals surface area contributed by atoms with Crippen LogP contribution in [0.2, 0.25) is 0 Å². The predicted octanol–water partition coefficient (Wildman–Crippen LogP) is 0.200. The van der Waals surface area contributed by atoms with Crippen molar-refractivity contribution in [2.24, 2.45) is 10.7 Å². The molecule has 0 atom stereocenters. The third-order valence-corrected chi connectivity index (χ3v) is 4.46. The maximum absolute atomic E-state index is 11.4. The number of guanidine groups is 1. The predicted molar refractivity (Wildman–Crippen MR) is 89.1 cm³/mol. The topological polar surface area (TPSA) is 101 Å². The van der Waals surface area contributed by atoms with E-state index in [1.807, 2.05) is 25.1 Å². The minimum atomic E-state index is -3.13. The monoisotopic (exact) mass is 327 g/mol. The molecular weight excluding hydrogens is 302 g/mol. The Morgan fingerprint density at radius 2 is 2.23 bits per heavy atom. The van der Waals surface area contributed by atoms with E-state index in [4.69, 9.17) is 5.73 Å². The van der Waals surface area contributed by atoms with Gasteiger partial charge in [0.1, 0.15) is 0 Å². The molecule has 0 amide bonds. The highest BCUT2D eigenvalue weighted by Gasteiger charge is 2.12. The van der Waals surface area contributed by atoms with E-state index in [0.717, 1.165) is 12.1 Å². The van der Waals surface area contributed by atoms with E-state index in [2.05, 4.69) is 15.3 Å². The Bertz CT molecular complexity index is 560. The standard InChI is InChI=1S/C14H25N5O2S/c1-3-19(22(2,20)21)12-6-10-17-14(15)18-11-8-13-7-4-5-9-16-13/h4-5,7,9H,3,6,8,10-12H2,1-2H3,(H3,15,17,18). The number of aliphatic imine (C=N–C) groups is 1. The fourth-order valence-corrected chi connectivity index (χ4v) is 2.86. The first-order valence-electron chi connectivity index (χ1n) is 7.32. The Balaban J connectivity index is 2.23. The van der Waals surface area contributed by atoms with E-state index >= 15 is 0 Å². The molecule has 0 aliphatic carbocycles. The Morgan fingerprint density at radius 1 is 1.45 bits per heavy atom. The summed E-state index contributed by atoms with van der Waals surface area (Å²) in [6.45, 7) is 3.91. The van der Waals surface area contributed by atoms with E-state index in [9.17, 15) is 8.42 Å². The van der Waals surface area contributed by atoms with Crippen LogP contribution in [0.1, 0.15) is 19.0 Å². The van der Waals surface area contributed by atoms with Crippen molar-refractivity contribution in [1.29, 1.82) is 0 Å². The molecule has 1 rings (SSSR count). The summed E-state index contributed by atoms with van der Waals surface area (Å²) in [5.74, 6) is 0.373. The van der Waals surface area contributed by atoms with Gasteiger partial charge in [0, 0.05) is 44.5 Å². The first kappa shape index (κ1) is 18.4. The zero-order chi connectivity index (χ0) is 16.4. The van der Waals surface area contributed by atoms with Crippen LogP contribution >= 0.6 is 0 Å². The highest BCUT2D eigenvalue weighted by Crippen LogP contribution is 1.99. The molecule has 0 saturated carbocycles. The number of rotatable bonds is 9. The molecule has 124 valence electrons. The van der Waals surface area contributed by atoms with E-state index < -0.39 is 10.0 Å². The average molecular weight is 327 g/mol. The molecule has 0 unspecified atom stereocenters. The third kappa shape index (κ3) is 7.37. The van der Waals surface area contributed by atoms with Crippen LogP contribution in [0, 0.1) is 0 Å². The Kier molecular flexibility index (Phi) is 7.83. The lowest BCUT2D eigenvalue weighted by molar-refractivity contribution is 0.427. The Hall–Kier alpha value is -1.67. The molecule has 0 radical (unpaired) electrons. The molecule has 7 nitrogen and oxygen atoms in total. The third-order valence-electron chi connectivity index (χ3n) is 3.08. The molecule has 0 aliphatic heterocycles. The molecule has 0 bridgehead atoms. The molecule has 8 heteroatoms. The summed E-state index contributed by atoms with van der Waals surface area (Å²) in [4.78, 5) is 8.40. The Morgan fingerprint density at radius 3 is 2.82 bits per heavy atom. The summed E-state index contributed by atoms with van der Waals surface area (Å²) >= 11 is 0. The van der Waals surface area contributed by atoms with Gasteiger partial charge in [-0.2, -0.15) is 0 Å². The second-order valence-electron chi connectivity index (χ2n) is 4.87. The number of hydrogen-bond acceptors (Lipinski definition) is 4. The molecule has 0 aliphatic rings. The number of nitrogens with one attached hydrogen (secondary N) is 1. The van der Waals surface area contributed by atoms with E-state index in [1.54, 1.807) is 6.20 Å². The van der Waals surface area contributed by atoms with Crippen LogP contribution in [0.25, 0.3) is 0 Å². The lowest BCUT2D eigenvalue weighted by Crippen LogP contribution is -2.34. The van der Waals surface area contributed by atoms with Gasteiger partial charge in [0.15, 0.2) is 5.96 Å². The van der Waals surface area contributed by atoms with E-state index in [-0.39, 0.29) is 0 Å². The van der Waals surface area contributed by atoms with Crippen molar-refractivity contribution in [1.82, 2.24) is 14.6 Å². The van der Waals surface area contributed by atoms with Crippen LogP contribution in [0.4, 0.5) is 0 Å². The van der Waals surface area contributed by atoms with Crippen molar-refractivity contribution in [3.8, 4) is 0 Å². The van der Waals surface area contributed by atoms with Gasteiger partial charge in [0.25, 0.3) is 0 Å². The number of nitrogens with zero attached hydrogens (tertiary/aromatic N) is 3. The van der Waals surface area contributed by atoms with Crippen molar-refractivity contribution in [3.63, 3.8) is 0 Å². The van der Waals surface area contributed by atoms with Gasteiger partial charge in [-0.05, 0) is 18.6 Å². The molecule has 0 aromatic carbocycles. The number of hydrogen-bond donors (Lipinski definition) is 2. The van der Waals surface area contributed by atoms with Crippen LogP contribution in [0.15, 0.2) is 29.4 Å². The molecular formula is C14H25N5O2S. The quantitative estimate of drug-likeness (QED) is 0.383. The van der Waals surface area contributed by atoms with Gasteiger partial charge in [-0.3, -0.25) is 9.98 Å². The molecule has 3 N–H and O–H groups in total. The zero-order valence-corrected chi connectivity index (χ0v) is 14.0. The van der Waals surface area contributed by atoms with Gasteiger partial charge >= 0.3 is 0 Å². The number of pyridine rings is 1. The van der Waals surface area contributed by atoms with Gasteiger partial charge in [0.2, 0.25) is 10.0 Å². The van der Waals surface area contributed by atoms with Gasteiger partial charge in [-0.15, -0.1) is 0 Å². The molecule has 1 aromatic heterocycles. The fraction of sp³-hybridized carbons (Fsp3) is 0.571. The second-order valence-corrected chi connectivity index (χ2v) is 6.86. The lowest BCUT2D eigenvalue weighted by atomic mass is 10.3. The van der Waals surface area contributed by atoms with Crippen molar-refractivity contribution in [3.05, 3.63) is 30.1 Å². The van der Waals surface area contributed by atoms with Gasteiger partial charge in [0.05, 0.1) is 6.26 Å². The van der Waals surface area contributed by atoms with Crippen LogP contribution < -0.4 is 11.1 Å². The Labute approximate surface area is 132 Å². The smallest absolute Gasteiger partial charge is 0.211 e. The summed E-state index contributed by atoms with van der Waals surface area (Å²) < 4.78 is 24.3. The minimum Gasteiger partial charge on any atom is -0.370 e. The molecule has 0 spiro atoms. The van der Waals surface area contributed by atoms with Gasteiger partial charge in [-0.1, -0.05) is 13.0 Å². The highest BCUT2D eigenvalue weighted by molar-refractivity contribution is 7.88. The van der Waals surface area contributed by atoms with Crippen LogP contribution in [-0.2, 0) is 16.4 Å². The van der Waals surface area contributed by atoms with Crippen molar-refractivity contribution in [2.45, 2.75) is 19.8 Å². The maximum atomic E-state index is 11.4. The van der Waals surface area contributed by atoms with Crippen molar-refractivity contribution >= 4 is 16.0 Å². The SMILES string of the molecule is CCN(CCCN=C(N)NCCc1ccccn1)S(C)(=O)=O. The number of sulfonamides is 1. The number of nitrogens with two attached hydrogens (primary N) is 1. The molecule has 22 heavy (non-hydrogen) atoms. The normalized spacial score (nSPS) is 12.6. The molecule has 1 aromatic rings. The second kappa shape index (κ2) is 9.37. The average Bonchev–Trinajstić information content (AvgIpc) is 2.47. The van der Waals surface area contributed by atoms with Crippen molar-refractivity contribution < 1.29 is 8.42 Å². The van der Waals surface area contributed by atoms with Crippen molar-refractivity contribution in [2.75, 3.05) is 32.4 Å². The van der Waals surface area contributed by atoms with Crippen LogP contribution in [-0.4, -0.2) is 56.1 Å². The van der Waals surface area contributed by atoms with Crippen LogP contribution in [0.3, 0.4) is 0 Å². The first-order chi connectivity index (χ1) is 10.4. The summed E-state index contributed by atoms with van der Waals surface area (Å²) in [5.41, 5.74) is 6.75. The van der Waals surface area contributed by atoms with E-state index in [0.29, 0.717) is 38.6 Å². The molecule has 1 heterocycles. The lowest BCUT2D eigenvalue weighted by Gasteiger charge is -2.16.